The number of amides is 1. The van der Waals surface area contributed by atoms with Crippen molar-refractivity contribution in [2.45, 2.75) is 12.5 Å². The molecule has 0 radical (unpaired) electrons. The molecular weight excluding hydrogens is 300 g/mol. The summed E-state index contributed by atoms with van der Waals surface area (Å²) in [5.74, 6) is -0.00355. The highest BCUT2D eigenvalue weighted by atomic mass is 32.2. The number of para-hydroxylation sites is 1. The maximum absolute atomic E-state index is 12.8. The summed E-state index contributed by atoms with van der Waals surface area (Å²) in [6, 6.07) is 9.18. The van der Waals surface area contributed by atoms with Crippen molar-refractivity contribution < 1.29 is 13.2 Å². The number of rotatable bonds is 4. The zero-order valence-electron chi connectivity index (χ0n) is 12.2. The van der Waals surface area contributed by atoms with Crippen LogP contribution in [0.25, 0.3) is 10.9 Å². The summed E-state index contributed by atoms with van der Waals surface area (Å²) in [6.07, 6.45) is 2.12. The van der Waals surface area contributed by atoms with Gasteiger partial charge >= 0.3 is 0 Å². The number of nitrogens with one attached hydrogen (secondary N) is 1. The topological polar surface area (TPSA) is 70.2 Å². The molecule has 0 unspecified atom stereocenters. The van der Waals surface area contributed by atoms with Crippen molar-refractivity contribution in [1.82, 2.24) is 9.88 Å². The highest BCUT2D eigenvalue weighted by Gasteiger charge is 2.34. The Kier molecular flexibility index (Phi) is 3.78. The monoisotopic (exact) mass is 318 g/mol. The van der Waals surface area contributed by atoms with Crippen molar-refractivity contribution in [2.75, 3.05) is 18.1 Å². The number of nitrogens with zero attached hydrogens (tertiary/aromatic N) is 1. The zero-order valence-corrected chi connectivity index (χ0v) is 13.0. The highest BCUT2D eigenvalue weighted by molar-refractivity contribution is 7.91. The van der Waals surface area contributed by atoms with Gasteiger partial charge in [0.2, 0.25) is 0 Å². The molecule has 22 heavy (non-hydrogen) atoms. The maximum Gasteiger partial charge on any atom is 0.270 e. The number of aromatic amines is 1. The van der Waals surface area contributed by atoms with Gasteiger partial charge in [0.05, 0.1) is 11.5 Å². The van der Waals surface area contributed by atoms with Crippen molar-refractivity contribution in [3.63, 3.8) is 0 Å². The van der Waals surface area contributed by atoms with E-state index in [1.165, 1.54) is 0 Å². The average molecular weight is 318 g/mol. The summed E-state index contributed by atoms with van der Waals surface area (Å²) in [5, 5.41) is 0.962. The molecule has 1 atom stereocenters. The molecule has 3 rings (SSSR count). The second-order valence-electron chi connectivity index (χ2n) is 5.57. The number of carbonyl (C=O) groups is 1. The molecule has 1 fully saturated rings. The van der Waals surface area contributed by atoms with Gasteiger partial charge in [-0.25, -0.2) is 8.42 Å². The smallest absolute Gasteiger partial charge is 0.270 e. The van der Waals surface area contributed by atoms with E-state index < -0.39 is 9.84 Å². The maximum atomic E-state index is 12.8. The lowest BCUT2D eigenvalue weighted by Gasteiger charge is -2.26. The molecule has 0 spiro atoms. The summed E-state index contributed by atoms with van der Waals surface area (Å²) in [6.45, 7) is 4.02. The minimum absolute atomic E-state index is 0.0345. The molecule has 1 aliphatic rings. The number of sulfone groups is 1. The van der Waals surface area contributed by atoms with Gasteiger partial charge in [0, 0.05) is 23.5 Å². The van der Waals surface area contributed by atoms with Crippen LogP contribution in [-0.2, 0) is 9.84 Å². The second kappa shape index (κ2) is 5.61. The van der Waals surface area contributed by atoms with Gasteiger partial charge in [-0.1, -0.05) is 24.3 Å². The third-order valence-corrected chi connectivity index (χ3v) is 5.75. The van der Waals surface area contributed by atoms with Crippen LogP contribution < -0.4 is 0 Å². The van der Waals surface area contributed by atoms with Crippen molar-refractivity contribution >= 4 is 26.6 Å². The van der Waals surface area contributed by atoms with Crippen LogP contribution in [0.5, 0.6) is 0 Å². The number of benzene rings is 1. The molecule has 6 heteroatoms. The van der Waals surface area contributed by atoms with E-state index in [0.717, 1.165) is 10.9 Å². The van der Waals surface area contributed by atoms with Gasteiger partial charge in [0.1, 0.15) is 5.69 Å². The Hall–Kier alpha value is -2.08. The number of carbonyl (C=O) groups excluding carboxylic acids is 1. The van der Waals surface area contributed by atoms with E-state index in [1.807, 2.05) is 24.3 Å². The first-order valence-corrected chi connectivity index (χ1v) is 9.02. The standard InChI is InChI=1S/C16H18N2O3S/c1-2-8-18(13-7-9-22(20,21)11-13)16(19)15-10-12-5-3-4-6-14(12)17-15/h2-6,10,13,17H,1,7-9,11H2/t13-/m0/s1. The fraction of sp³-hybridized carbons (Fsp3) is 0.312. The van der Waals surface area contributed by atoms with Gasteiger partial charge in [-0.2, -0.15) is 0 Å². The van der Waals surface area contributed by atoms with E-state index in [9.17, 15) is 13.2 Å². The van der Waals surface area contributed by atoms with Crippen LogP contribution in [0.15, 0.2) is 43.0 Å². The van der Waals surface area contributed by atoms with Gasteiger partial charge in [-0.15, -0.1) is 6.58 Å². The van der Waals surface area contributed by atoms with Crippen molar-refractivity contribution in [1.29, 1.82) is 0 Å². The van der Waals surface area contributed by atoms with Crippen LogP contribution in [0.2, 0.25) is 0 Å². The van der Waals surface area contributed by atoms with E-state index in [2.05, 4.69) is 11.6 Å². The Morgan fingerprint density at radius 3 is 2.82 bits per heavy atom. The second-order valence-corrected chi connectivity index (χ2v) is 7.80. The van der Waals surface area contributed by atoms with Crippen molar-refractivity contribution in [3.8, 4) is 0 Å². The summed E-state index contributed by atoms with van der Waals surface area (Å²) in [5.41, 5.74) is 1.37. The van der Waals surface area contributed by atoms with Gasteiger partial charge in [-0.05, 0) is 18.6 Å². The predicted octanol–water partition coefficient (Wildman–Crippen LogP) is 1.98. The van der Waals surface area contributed by atoms with Gasteiger partial charge < -0.3 is 9.88 Å². The normalized spacial score (nSPS) is 20.1. The number of aromatic nitrogens is 1. The van der Waals surface area contributed by atoms with Crippen molar-refractivity contribution in [2.24, 2.45) is 0 Å². The average Bonchev–Trinajstić information content (AvgIpc) is 3.07. The summed E-state index contributed by atoms with van der Waals surface area (Å²) in [7, 11) is -3.04. The van der Waals surface area contributed by atoms with Crippen LogP contribution in [-0.4, -0.2) is 48.3 Å². The van der Waals surface area contributed by atoms with Gasteiger partial charge in [0.15, 0.2) is 9.84 Å². The van der Waals surface area contributed by atoms with Crippen LogP contribution in [0.1, 0.15) is 16.9 Å². The lowest BCUT2D eigenvalue weighted by molar-refractivity contribution is 0.0715. The van der Waals surface area contributed by atoms with Gasteiger partial charge in [-0.3, -0.25) is 4.79 Å². The number of hydrogen-bond acceptors (Lipinski definition) is 3. The molecule has 1 aliphatic heterocycles. The third kappa shape index (κ3) is 2.78. The van der Waals surface area contributed by atoms with Crippen LogP contribution >= 0.6 is 0 Å². The molecule has 2 aromatic rings. The minimum atomic E-state index is -3.04. The lowest BCUT2D eigenvalue weighted by atomic mass is 10.2. The van der Waals surface area contributed by atoms with E-state index in [0.29, 0.717) is 18.7 Å². The SMILES string of the molecule is C=CCN(C(=O)c1cc2ccccc2[nH]1)[C@H]1CCS(=O)(=O)C1. The number of H-pyrrole nitrogens is 1. The van der Waals surface area contributed by atoms with Crippen molar-refractivity contribution in [3.05, 3.63) is 48.7 Å². The Morgan fingerprint density at radius 1 is 1.41 bits per heavy atom. The first-order chi connectivity index (χ1) is 10.5. The Morgan fingerprint density at radius 2 is 2.18 bits per heavy atom. The fourth-order valence-corrected chi connectivity index (χ4v) is 4.63. The highest BCUT2D eigenvalue weighted by Crippen LogP contribution is 2.22. The largest absolute Gasteiger partial charge is 0.351 e. The van der Waals surface area contributed by atoms with E-state index in [4.69, 9.17) is 0 Å². The van der Waals surface area contributed by atoms with E-state index in [-0.39, 0.29) is 23.5 Å². The lowest BCUT2D eigenvalue weighted by Crippen LogP contribution is -2.41. The molecule has 1 amide bonds. The molecule has 0 saturated carbocycles. The molecule has 1 aromatic carbocycles. The molecule has 1 saturated heterocycles. The molecular formula is C16H18N2O3S. The minimum Gasteiger partial charge on any atom is -0.351 e. The number of hydrogen-bond donors (Lipinski definition) is 1. The Balaban J connectivity index is 1.90. The molecule has 1 N–H and O–H groups in total. The Labute approximate surface area is 129 Å². The first kappa shape index (κ1) is 14.8. The van der Waals surface area contributed by atoms with Crippen LogP contribution in [0.4, 0.5) is 0 Å². The summed E-state index contributed by atoms with van der Waals surface area (Å²) >= 11 is 0. The van der Waals surface area contributed by atoms with Crippen LogP contribution in [0, 0.1) is 0 Å². The summed E-state index contributed by atoms with van der Waals surface area (Å²) < 4.78 is 23.4. The molecule has 0 aliphatic carbocycles. The summed E-state index contributed by atoms with van der Waals surface area (Å²) in [4.78, 5) is 17.5. The van der Waals surface area contributed by atoms with E-state index in [1.54, 1.807) is 17.0 Å². The molecule has 2 heterocycles. The molecule has 5 nitrogen and oxygen atoms in total. The first-order valence-electron chi connectivity index (χ1n) is 7.20. The Bertz CT molecular complexity index is 790. The third-order valence-electron chi connectivity index (χ3n) is 4.00. The zero-order chi connectivity index (χ0) is 15.7. The van der Waals surface area contributed by atoms with Gasteiger partial charge in [0.25, 0.3) is 5.91 Å². The van der Waals surface area contributed by atoms with Crippen LogP contribution in [0.3, 0.4) is 0 Å². The number of fused-ring (bicyclic) bond motifs is 1. The van der Waals surface area contributed by atoms with E-state index >= 15 is 0 Å². The predicted molar refractivity (Wildman–Crippen MR) is 86.6 cm³/mol. The molecule has 1 aromatic heterocycles. The quantitative estimate of drug-likeness (QED) is 0.876. The molecule has 116 valence electrons. The fourth-order valence-electron chi connectivity index (χ4n) is 2.90. The molecule has 0 bridgehead atoms.